The number of non-ortho nitro benzene ring substituents is 1. The predicted octanol–water partition coefficient (Wildman–Crippen LogP) is 4.80. The summed E-state index contributed by atoms with van der Waals surface area (Å²) in [5, 5.41) is 22.7. The molecule has 0 saturated heterocycles. The van der Waals surface area contributed by atoms with Gasteiger partial charge in [0, 0.05) is 29.5 Å². The van der Waals surface area contributed by atoms with Crippen LogP contribution < -0.4 is 10.1 Å². The first-order chi connectivity index (χ1) is 14.5. The van der Waals surface area contributed by atoms with Crippen LogP contribution in [-0.4, -0.2) is 17.4 Å². The summed E-state index contributed by atoms with van der Waals surface area (Å²) >= 11 is 0. The molecule has 1 amide bonds. The SMILES string of the molecule is CCOc1ccc(NC(=O)/C(C#N)=C/c2ccc(-c3ccc([N+](=O)[O-])cc3)o2)cc1. The molecule has 0 bridgehead atoms. The van der Waals surface area contributed by atoms with Crippen molar-refractivity contribution in [3.63, 3.8) is 0 Å². The van der Waals surface area contributed by atoms with Crippen LogP contribution in [0.3, 0.4) is 0 Å². The van der Waals surface area contributed by atoms with Gasteiger partial charge in [0.05, 0.1) is 11.5 Å². The number of nitrogens with zero attached hydrogens (tertiary/aromatic N) is 2. The zero-order valence-electron chi connectivity index (χ0n) is 16.0. The summed E-state index contributed by atoms with van der Waals surface area (Å²) in [6, 6.07) is 17.8. The molecule has 0 aliphatic rings. The van der Waals surface area contributed by atoms with Gasteiger partial charge >= 0.3 is 0 Å². The van der Waals surface area contributed by atoms with E-state index in [0.717, 1.165) is 0 Å². The Balaban J connectivity index is 1.73. The molecule has 0 radical (unpaired) electrons. The molecule has 8 heteroatoms. The molecule has 1 N–H and O–H groups in total. The van der Waals surface area contributed by atoms with E-state index in [1.54, 1.807) is 48.5 Å². The predicted molar refractivity (Wildman–Crippen MR) is 111 cm³/mol. The number of nitrogens with one attached hydrogen (secondary N) is 1. The molecule has 1 aromatic heterocycles. The molecule has 0 spiro atoms. The average Bonchev–Trinajstić information content (AvgIpc) is 3.22. The van der Waals surface area contributed by atoms with Crippen LogP contribution in [-0.2, 0) is 4.79 Å². The molecule has 0 aliphatic heterocycles. The van der Waals surface area contributed by atoms with Crippen LogP contribution in [0.2, 0.25) is 0 Å². The van der Waals surface area contributed by atoms with Crippen molar-refractivity contribution in [2.24, 2.45) is 0 Å². The van der Waals surface area contributed by atoms with Crippen molar-refractivity contribution in [1.29, 1.82) is 5.26 Å². The van der Waals surface area contributed by atoms with Crippen LogP contribution in [0.1, 0.15) is 12.7 Å². The highest BCUT2D eigenvalue weighted by atomic mass is 16.6. The number of hydrogen-bond donors (Lipinski definition) is 1. The van der Waals surface area contributed by atoms with Crippen molar-refractivity contribution < 1.29 is 18.9 Å². The van der Waals surface area contributed by atoms with Crippen molar-refractivity contribution >= 4 is 23.4 Å². The van der Waals surface area contributed by atoms with Crippen LogP contribution in [0.4, 0.5) is 11.4 Å². The van der Waals surface area contributed by atoms with E-state index in [-0.39, 0.29) is 11.3 Å². The zero-order valence-corrected chi connectivity index (χ0v) is 16.0. The third-order valence-electron chi connectivity index (χ3n) is 4.06. The molecule has 3 aromatic rings. The van der Waals surface area contributed by atoms with E-state index in [1.807, 2.05) is 13.0 Å². The first kappa shape index (κ1) is 20.4. The molecule has 0 unspecified atom stereocenters. The topological polar surface area (TPSA) is 118 Å². The molecule has 30 heavy (non-hydrogen) atoms. The summed E-state index contributed by atoms with van der Waals surface area (Å²) < 4.78 is 11.0. The average molecular weight is 403 g/mol. The molecule has 0 saturated carbocycles. The van der Waals surface area contributed by atoms with Crippen molar-refractivity contribution in [2.45, 2.75) is 6.92 Å². The van der Waals surface area contributed by atoms with Crippen LogP contribution in [0.25, 0.3) is 17.4 Å². The quantitative estimate of drug-likeness (QED) is 0.262. The number of anilines is 1. The summed E-state index contributed by atoms with van der Waals surface area (Å²) in [5.74, 6) is 0.873. The van der Waals surface area contributed by atoms with Gasteiger partial charge in [0.2, 0.25) is 0 Å². The third-order valence-corrected chi connectivity index (χ3v) is 4.06. The lowest BCUT2D eigenvalue weighted by molar-refractivity contribution is -0.384. The molecule has 0 atom stereocenters. The molecule has 3 rings (SSSR count). The maximum absolute atomic E-state index is 12.4. The Labute approximate surface area is 172 Å². The summed E-state index contributed by atoms with van der Waals surface area (Å²) in [7, 11) is 0. The smallest absolute Gasteiger partial charge is 0.269 e. The van der Waals surface area contributed by atoms with Gasteiger partial charge in [0.25, 0.3) is 11.6 Å². The summed E-state index contributed by atoms with van der Waals surface area (Å²) in [4.78, 5) is 22.7. The fourth-order valence-electron chi connectivity index (χ4n) is 2.62. The van der Waals surface area contributed by atoms with E-state index in [9.17, 15) is 20.2 Å². The fraction of sp³-hybridized carbons (Fsp3) is 0.0909. The van der Waals surface area contributed by atoms with Gasteiger partial charge in [-0.1, -0.05) is 0 Å². The van der Waals surface area contributed by atoms with E-state index < -0.39 is 10.8 Å². The van der Waals surface area contributed by atoms with Crippen LogP contribution in [0.5, 0.6) is 5.75 Å². The number of nitriles is 1. The Hall–Kier alpha value is -4.38. The highest BCUT2D eigenvalue weighted by molar-refractivity contribution is 6.09. The summed E-state index contributed by atoms with van der Waals surface area (Å²) in [6.07, 6.45) is 1.33. The summed E-state index contributed by atoms with van der Waals surface area (Å²) in [6.45, 7) is 2.42. The van der Waals surface area contributed by atoms with Gasteiger partial charge in [0.1, 0.15) is 28.9 Å². The Morgan fingerprint density at radius 1 is 1.17 bits per heavy atom. The highest BCUT2D eigenvalue weighted by Crippen LogP contribution is 2.25. The van der Waals surface area contributed by atoms with Gasteiger partial charge in [-0.25, -0.2) is 0 Å². The van der Waals surface area contributed by atoms with Gasteiger partial charge in [-0.05, 0) is 55.5 Å². The standard InChI is InChI=1S/C22H17N3O5/c1-2-29-19-9-5-17(6-10-19)24-22(26)16(14-23)13-20-11-12-21(30-20)15-3-7-18(8-4-15)25(27)28/h3-13H,2H2,1H3,(H,24,26)/b16-13+. The lowest BCUT2D eigenvalue weighted by atomic mass is 10.1. The number of benzene rings is 2. The molecule has 8 nitrogen and oxygen atoms in total. The van der Waals surface area contributed by atoms with E-state index in [2.05, 4.69) is 5.32 Å². The lowest BCUT2D eigenvalue weighted by Gasteiger charge is -2.06. The Morgan fingerprint density at radius 2 is 1.87 bits per heavy atom. The monoisotopic (exact) mass is 403 g/mol. The molecular weight excluding hydrogens is 386 g/mol. The van der Waals surface area contributed by atoms with E-state index in [4.69, 9.17) is 9.15 Å². The van der Waals surface area contributed by atoms with Crippen LogP contribution in [0.15, 0.2) is 70.7 Å². The number of amides is 1. The van der Waals surface area contributed by atoms with Gasteiger partial charge in [-0.3, -0.25) is 14.9 Å². The molecule has 2 aromatic carbocycles. The molecule has 1 heterocycles. The minimum atomic E-state index is -0.574. The van der Waals surface area contributed by atoms with E-state index >= 15 is 0 Å². The molecule has 150 valence electrons. The first-order valence-electron chi connectivity index (χ1n) is 9.01. The van der Waals surface area contributed by atoms with Crippen molar-refractivity contribution in [3.8, 4) is 23.1 Å². The third kappa shape index (κ3) is 4.91. The van der Waals surface area contributed by atoms with Crippen molar-refractivity contribution in [3.05, 3.63) is 82.1 Å². The number of carbonyl (C=O) groups is 1. The highest BCUT2D eigenvalue weighted by Gasteiger charge is 2.12. The van der Waals surface area contributed by atoms with Crippen LogP contribution >= 0.6 is 0 Å². The van der Waals surface area contributed by atoms with E-state index in [1.165, 1.54) is 18.2 Å². The van der Waals surface area contributed by atoms with Crippen molar-refractivity contribution in [1.82, 2.24) is 0 Å². The van der Waals surface area contributed by atoms with Gasteiger partial charge in [-0.2, -0.15) is 5.26 Å². The number of ether oxygens (including phenoxy) is 1. The number of rotatable bonds is 7. The number of hydrogen-bond acceptors (Lipinski definition) is 6. The number of nitro benzene ring substituents is 1. The normalized spacial score (nSPS) is 10.9. The zero-order chi connectivity index (χ0) is 21.5. The molecule has 0 fully saturated rings. The second-order valence-electron chi connectivity index (χ2n) is 6.09. The maximum Gasteiger partial charge on any atom is 0.269 e. The van der Waals surface area contributed by atoms with Gasteiger partial charge in [-0.15, -0.1) is 0 Å². The maximum atomic E-state index is 12.4. The first-order valence-corrected chi connectivity index (χ1v) is 9.01. The molecular formula is C22H17N3O5. The second kappa shape index (κ2) is 9.21. The minimum Gasteiger partial charge on any atom is -0.494 e. The fourth-order valence-corrected chi connectivity index (χ4v) is 2.62. The Morgan fingerprint density at radius 3 is 2.47 bits per heavy atom. The molecule has 0 aliphatic carbocycles. The Bertz CT molecular complexity index is 1120. The number of nitro groups is 1. The van der Waals surface area contributed by atoms with Gasteiger partial charge in [0.15, 0.2) is 0 Å². The second-order valence-corrected chi connectivity index (χ2v) is 6.09. The van der Waals surface area contributed by atoms with E-state index in [0.29, 0.717) is 35.1 Å². The number of carbonyl (C=O) groups excluding carboxylic acids is 1. The number of furan rings is 1. The summed E-state index contributed by atoms with van der Waals surface area (Å²) in [5.41, 5.74) is 1.00. The van der Waals surface area contributed by atoms with Gasteiger partial charge < -0.3 is 14.5 Å². The minimum absolute atomic E-state index is 0.0249. The van der Waals surface area contributed by atoms with Crippen molar-refractivity contribution in [2.75, 3.05) is 11.9 Å². The Kier molecular flexibility index (Phi) is 6.25. The lowest BCUT2D eigenvalue weighted by Crippen LogP contribution is -2.13. The van der Waals surface area contributed by atoms with Crippen LogP contribution in [0, 0.1) is 21.4 Å². The largest absolute Gasteiger partial charge is 0.494 e.